The zero-order chi connectivity index (χ0) is 37.7. The molecule has 0 N–H and O–H groups in total. The molecule has 2 heterocycles. The number of para-hydroxylation sites is 3. The number of aromatic nitrogens is 1. The maximum atomic E-state index is 6.47. The third kappa shape index (κ3) is 5.75. The lowest BCUT2D eigenvalue weighted by molar-refractivity contribution is 0.517. The molecule has 0 radical (unpaired) electrons. The smallest absolute Gasteiger partial charge is 0.134 e. The number of nitrogens with zero attached hydrogens (tertiary/aromatic N) is 2. The Bertz CT molecular complexity index is 3020. The van der Waals surface area contributed by atoms with Gasteiger partial charge in [-0.1, -0.05) is 146 Å². The molecule has 0 amide bonds. The Morgan fingerprint density at radius 3 is 1.65 bits per heavy atom. The second kappa shape index (κ2) is 13.7. The highest BCUT2D eigenvalue weighted by atomic mass is 16.3. The van der Waals surface area contributed by atoms with E-state index in [1.807, 2.05) is 6.07 Å². The van der Waals surface area contributed by atoms with E-state index in [0.29, 0.717) is 0 Å². The van der Waals surface area contributed by atoms with Crippen LogP contribution < -0.4 is 4.90 Å². The van der Waals surface area contributed by atoms with Crippen molar-refractivity contribution in [2.45, 2.75) is 12.3 Å². The van der Waals surface area contributed by atoms with E-state index < -0.39 is 0 Å². The van der Waals surface area contributed by atoms with Crippen LogP contribution in [0.2, 0.25) is 0 Å². The third-order valence-corrected chi connectivity index (χ3v) is 11.6. The van der Waals surface area contributed by atoms with Gasteiger partial charge in [0.05, 0.1) is 11.0 Å². The topological polar surface area (TPSA) is 21.3 Å². The van der Waals surface area contributed by atoms with E-state index in [0.717, 1.165) is 40.5 Å². The van der Waals surface area contributed by atoms with Gasteiger partial charge in [0.15, 0.2) is 0 Å². The predicted octanol–water partition coefficient (Wildman–Crippen LogP) is 14.9. The first kappa shape index (κ1) is 33.0. The molecule has 0 aliphatic heterocycles. The molecular weight excluding hydrogens is 693 g/mol. The lowest BCUT2D eigenvalue weighted by atomic mass is 9.86. The van der Waals surface area contributed by atoms with E-state index in [9.17, 15) is 0 Å². The average Bonchev–Trinajstić information content (AvgIpc) is 3.84. The minimum absolute atomic E-state index is 0.169. The van der Waals surface area contributed by atoms with Gasteiger partial charge in [0.25, 0.3) is 0 Å². The summed E-state index contributed by atoms with van der Waals surface area (Å²) in [6, 6.07) is 72.1. The first-order valence-corrected chi connectivity index (χ1v) is 19.7. The van der Waals surface area contributed by atoms with Crippen molar-refractivity contribution in [1.82, 2.24) is 4.57 Å². The highest BCUT2D eigenvalue weighted by Gasteiger charge is 2.25. The Morgan fingerprint density at radius 1 is 0.456 bits per heavy atom. The predicted molar refractivity (Wildman–Crippen MR) is 238 cm³/mol. The summed E-state index contributed by atoms with van der Waals surface area (Å²) in [5.74, 6) is 1.22. The minimum Gasteiger partial charge on any atom is -0.460 e. The van der Waals surface area contributed by atoms with Crippen molar-refractivity contribution in [3.8, 4) is 27.9 Å². The van der Waals surface area contributed by atoms with Crippen molar-refractivity contribution in [3.05, 3.63) is 223 Å². The van der Waals surface area contributed by atoms with Crippen LogP contribution in [0.4, 0.5) is 17.1 Å². The molecule has 8 aromatic carbocycles. The molecule has 1 aliphatic rings. The summed E-state index contributed by atoms with van der Waals surface area (Å²) >= 11 is 0. The minimum atomic E-state index is 0.169. The van der Waals surface area contributed by atoms with Crippen molar-refractivity contribution in [3.63, 3.8) is 0 Å². The van der Waals surface area contributed by atoms with E-state index in [-0.39, 0.29) is 5.92 Å². The van der Waals surface area contributed by atoms with Crippen LogP contribution in [0.25, 0.3) is 66.8 Å². The molecule has 1 unspecified atom stereocenters. The van der Waals surface area contributed by atoms with Gasteiger partial charge in [-0.25, -0.2) is 0 Å². The molecule has 10 aromatic rings. The molecule has 0 saturated heterocycles. The second-order valence-corrected chi connectivity index (χ2v) is 14.9. The van der Waals surface area contributed by atoms with E-state index in [2.05, 4.69) is 216 Å². The molecule has 0 fully saturated rings. The van der Waals surface area contributed by atoms with E-state index >= 15 is 0 Å². The van der Waals surface area contributed by atoms with E-state index in [1.165, 1.54) is 60.6 Å². The molecule has 0 spiro atoms. The first-order valence-electron chi connectivity index (χ1n) is 19.7. The largest absolute Gasteiger partial charge is 0.460 e. The Hall–Kier alpha value is -7.36. The number of hydrogen-bond donors (Lipinski definition) is 0. The van der Waals surface area contributed by atoms with Gasteiger partial charge in [0.2, 0.25) is 0 Å². The molecule has 1 aliphatic carbocycles. The van der Waals surface area contributed by atoms with Gasteiger partial charge >= 0.3 is 0 Å². The monoisotopic (exact) mass is 730 g/mol. The molecular formula is C54H38N2O. The Morgan fingerprint density at radius 2 is 0.982 bits per heavy atom. The Kier molecular flexibility index (Phi) is 7.96. The van der Waals surface area contributed by atoms with Crippen LogP contribution in [0.3, 0.4) is 0 Å². The number of benzene rings is 8. The van der Waals surface area contributed by atoms with Crippen molar-refractivity contribution >= 4 is 55.9 Å². The zero-order valence-electron chi connectivity index (χ0n) is 31.3. The fourth-order valence-electron chi connectivity index (χ4n) is 8.80. The van der Waals surface area contributed by atoms with Crippen molar-refractivity contribution < 1.29 is 4.42 Å². The van der Waals surface area contributed by atoms with Crippen LogP contribution in [0, 0.1) is 0 Å². The maximum absolute atomic E-state index is 6.47. The molecule has 0 saturated carbocycles. The first-order chi connectivity index (χ1) is 28.3. The Labute approximate surface area is 332 Å². The molecule has 270 valence electrons. The average molecular weight is 731 g/mol. The summed E-state index contributed by atoms with van der Waals surface area (Å²) in [4.78, 5) is 2.35. The molecule has 3 heteroatoms. The highest BCUT2D eigenvalue weighted by molar-refractivity contribution is 6.09. The third-order valence-electron chi connectivity index (χ3n) is 11.6. The van der Waals surface area contributed by atoms with Crippen LogP contribution in [-0.4, -0.2) is 4.57 Å². The van der Waals surface area contributed by atoms with Gasteiger partial charge < -0.3 is 13.9 Å². The summed E-state index contributed by atoms with van der Waals surface area (Å²) in [5.41, 5.74) is 15.0. The normalized spacial score (nSPS) is 13.6. The molecule has 0 bridgehead atoms. The number of fused-ring (bicyclic) bond motifs is 6. The van der Waals surface area contributed by atoms with Gasteiger partial charge in [0.1, 0.15) is 11.3 Å². The zero-order valence-corrected chi connectivity index (χ0v) is 31.3. The summed E-state index contributed by atoms with van der Waals surface area (Å²) in [6.45, 7) is 0. The number of furan rings is 1. The van der Waals surface area contributed by atoms with Crippen LogP contribution >= 0.6 is 0 Å². The van der Waals surface area contributed by atoms with E-state index in [1.54, 1.807) is 0 Å². The number of hydrogen-bond acceptors (Lipinski definition) is 2. The lowest BCUT2D eigenvalue weighted by Crippen LogP contribution is -2.10. The fourth-order valence-corrected chi connectivity index (χ4v) is 8.80. The lowest BCUT2D eigenvalue weighted by Gasteiger charge is -2.27. The standard InChI is InChI=1S/C54H38N2O/c1-2-12-37(13-3-1)38-24-30-42(31-25-38)55(44-34-28-40(29-35-44)46-19-11-20-50-49-18-6-9-23-53(49)57-54(46)50)43-32-26-39(27-33-43)41-14-10-15-45(36-41)56-51-21-7-4-16-47(51)48-17-5-8-22-52(48)56/h1-18,20-36,46H,19H2. The summed E-state index contributed by atoms with van der Waals surface area (Å²) in [7, 11) is 0. The van der Waals surface area contributed by atoms with Gasteiger partial charge in [-0.2, -0.15) is 0 Å². The van der Waals surface area contributed by atoms with Crippen molar-refractivity contribution in [1.29, 1.82) is 0 Å². The van der Waals surface area contributed by atoms with Gasteiger partial charge in [-0.15, -0.1) is 0 Å². The van der Waals surface area contributed by atoms with Crippen LogP contribution in [0.5, 0.6) is 0 Å². The van der Waals surface area contributed by atoms with Crippen molar-refractivity contribution in [2.24, 2.45) is 0 Å². The summed E-state index contributed by atoms with van der Waals surface area (Å²) in [5, 5.41) is 3.71. The number of allylic oxidation sites excluding steroid dienone is 1. The SMILES string of the molecule is C1=Cc2c(oc3ccccc23)C(c2ccc(N(c3ccc(-c4ccccc4)cc3)c3ccc(-c4cccc(-n5c6ccccc6c6ccccc65)c4)cc3)cc2)C1. The van der Waals surface area contributed by atoms with Crippen LogP contribution in [-0.2, 0) is 0 Å². The second-order valence-electron chi connectivity index (χ2n) is 14.9. The maximum Gasteiger partial charge on any atom is 0.134 e. The Balaban J connectivity index is 0.957. The quantitative estimate of drug-likeness (QED) is 0.163. The van der Waals surface area contributed by atoms with Crippen molar-refractivity contribution in [2.75, 3.05) is 4.90 Å². The molecule has 3 nitrogen and oxygen atoms in total. The highest BCUT2D eigenvalue weighted by Crippen LogP contribution is 2.43. The fraction of sp³-hybridized carbons (Fsp3) is 0.0370. The summed E-state index contributed by atoms with van der Waals surface area (Å²) in [6.07, 6.45) is 5.41. The van der Waals surface area contributed by atoms with E-state index in [4.69, 9.17) is 4.42 Å². The van der Waals surface area contributed by atoms with Crippen LogP contribution in [0.1, 0.15) is 29.2 Å². The molecule has 2 aromatic heterocycles. The summed E-state index contributed by atoms with van der Waals surface area (Å²) < 4.78 is 8.85. The van der Waals surface area contributed by atoms with Crippen LogP contribution in [0.15, 0.2) is 211 Å². The molecule has 11 rings (SSSR count). The molecule has 1 atom stereocenters. The number of anilines is 3. The molecule has 57 heavy (non-hydrogen) atoms. The van der Waals surface area contributed by atoms with Gasteiger partial charge in [-0.3, -0.25) is 0 Å². The van der Waals surface area contributed by atoms with Gasteiger partial charge in [0, 0.05) is 50.4 Å². The number of rotatable bonds is 7. The van der Waals surface area contributed by atoms with Gasteiger partial charge in [-0.05, 0) is 101 Å².